The van der Waals surface area contributed by atoms with E-state index in [2.05, 4.69) is 0 Å². The molecule has 1 atom stereocenters. The van der Waals surface area contributed by atoms with Crippen molar-refractivity contribution in [1.82, 2.24) is 4.90 Å². The van der Waals surface area contributed by atoms with Crippen molar-refractivity contribution in [3.63, 3.8) is 0 Å². The van der Waals surface area contributed by atoms with Gasteiger partial charge in [-0.15, -0.1) is 0 Å². The van der Waals surface area contributed by atoms with Crippen LogP contribution in [0.2, 0.25) is 0 Å². The second-order valence-corrected chi connectivity index (χ2v) is 3.83. The molecule has 0 saturated heterocycles. The second kappa shape index (κ2) is 6.43. The van der Waals surface area contributed by atoms with Crippen molar-refractivity contribution in [1.29, 1.82) is 0 Å². The summed E-state index contributed by atoms with van der Waals surface area (Å²) < 4.78 is 5.15. The number of nitrogens with zero attached hydrogens (tertiary/aromatic N) is 1. The van der Waals surface area contributed by atoms with Gasteiger partial charge in [0.15, 0.2) is 11.9 Å². The van der Waals surface area contributed by atoms with Crippen molar-refractivity contribution >= 4 is 11.9 Å². The van der Waals surface area contributed by atoms with Gasteiger partial charge in [0, 0.05) is 13.1 Å². The van der Waals surface area contributed by atoms with Crippen molar-refractivity contribution in [3.05, 3.63) is 0 Å². The van der Waals surface area contributed by atoms with Crippen molar-refractivity contribution in [2.24, 2.45) is 5.92 Å². The maximum atomic E-state index is 11.6. The lowest BCUT2D eigenvalue weighted by atomic mass is 10.0. The highest BCUT2D eigenvalue weighted by Gasteiger charge is 2.24. The summed E-state index contributed by atoms with van der Waals surface area (Å²) in [5.74, 6) is -0.0903. The fraction of sp³-hybridized carbons (Fsp3) is 0.818. The van der Waals surface area contributed by atoms with Crippen LogP contribution >= 0.6 is 0 Å². The molecule has 0 bridgehead atoms. The molecule has 0 aliphatic rings. The van der Waals surface area contributed by atoms with E-state index in [9.17, 15) is 9.59 Å². The van der Waals surface area contributed by atoms with E-state index in [1.54, 1.807) is 4.90 Å². The highest BCUT2D eigenvalue weighted by molar-refractivity contribution is 5.83. The van der Waals surface area contributed by atoms with Gasteiger partial charge in [-0.25, -0.2) is 4.79 Å². The van der Waals surface area contributed by atoms with Gasteiger partial charge >= 0.3 is 6.09 Å². The van der Waals surface area contributed by atoms with Gasteiger partial charge in [0.05, 0.1) is 0 Å². The second-order valence-electron chi connectivity index (χ2n) is 3.83. The van der Waals surface area contributed by atoms with Gasteiger partial charge in [-0.05, 0) is 26.7 Å². The molecule has 15 heavy (non-hydrogen) atoms. The SMILES string of the molecule is CCN(CC)C(=O)OC(C(C)=O)C(C)C. The summed E-state index contributed by atoms with van der Waals surface area (Å²) in [6.07, 6.45) is -1.04. The predicted molar refractivity (Wildman–Crippen MR) is 58.7 cm³/mol. The number of carbonyl (C=O) groups is 2. The van der Waals surface area contributed by atoms with Gasteiger partial charge in [0.25, 0.3) is 0 Å². The molecule has 4 nitrogen and oxygen atoms in total. The van der Waals surface area contributed by atoms with Gasteiger partial charge in [0.2, 0.25) is 0 Å². The van der Waals surface area contributed by atoms with Crippen LogP contribution in [0.25, 0.3) is 0 Å². The van der Waals surface area contributed by atoms with E-state index in [-0.39, 0.29) is 11.7 Å². The minimum Gasteiger partial charge on any atom is -0.438 e. The highest BCUT2D eigenvalue weighted by Crippen LogP contribution is 2.09. The third-order valence-electron chi connectivity index (χ3n) is 2.26. The summed E-state index contributed by atoms with van der Waals surface area (Å²) in [7, 11) is 0. The van der Waals surface area contributed by atoms with Crippen LogP contribution < -0.4 is 0 Å². The van der Waals surface area contributed by atoms with E-state index in [1.165, 1.54) is 6.92 Å². The zero-order chi connectivity index (χ0) is 12.0. The molecule has 0 aromatic rings. The Morgan fingerprint density at radius 2 is 1.67 bits per heavy atom. The number of hydrogen-bond donors (Lipinski definition) is 0. The summed E-state index contributed by atoms with van der Waals surface area (Å²) in [6, 6.07) is 0. The Hall–Kier alpha value is -1.06. The zero-order valence-electron chi connectivity index (χ0n) is 10.2. The first kappa shape index (κ1) is 13.9. The van der Waals surface area contributed by atoms with Crippen LogP contribution in [0.4, 0.5) is 4.79 Å². The number of amides is 1. The summed E-state index contributed by atoms with van der Waals surface area (Å²) in [5.41, 5.74) is 0. The average molecular weight is 215 g/mol. The summed E-state index contributed by atoms with van der Waals surface area (Å²) in [6.45, 7) is 10.1. The Morgan fingerprint density at radius 1 is 1.20 bits per heavy atom. The molecule has 1 unspecified atom stereocenters. The molecule has 0 aliphatic heterocycles. The molecule has 0 spiro atoms. The summed E-state index contributed by atoms with van der Waals surface area (Å²) >= 11 is 0. The first-order valence-electron chi connectivity index (χ1n) is 5.40. The van der Waals surface area contributed by atoms with E-state index in [1.807, 2.05) is 27.7 Å². The zero-order valence-corrected chi connectivity index (χ0v) is 10.2. The molecule has 0 aromatic carbocycles. The first-order chi connectivity index (χ1) is 6.93. The van der Waals surface area contributed by atoms with Crippen molar-refractivity contribution < 1.29 is 14.3 Å². The molecule has 0 aromatic heterocycles. The van der Waals surface area contributed by atoms with E-state index >= 15 is 0 Å². The van der Waals surface area contributed by atoms with E-state index < -0.39 is 12.2 Å². The molecule has 0 aliphatic carbocycles. The lowest BCUT2D eigenvalue weighted by Crippen LogP contribution is -2.38. The molecule has 0 heterocycles. The third kappa shape index (κ3) is 4.32. The molecule has 0 rings (SSSR count). The van der Waals surface area contributed by atoms with Gasteiger partial charge < -0.3 is 9.64 Å². The quantitative estimate of drug-likeness (QED) is 0.705. The first-order valence-corrected chi connectivity index (χ1v) is 5.40. The number of ether oxygens (including phenoxy) is 1. The monoisotopic (exact) mass is 215 g/mol. The van der Waals surface area contributed by atoms with Gasteiger partial charge in [-0.1, -0.05) is 13.8 Å². The Kier molecular flexibility index (Phi) is 5.97. The fourth-order valence-electron chi connectivity index (χ4n) is 1.35. The normalized spacial score (nSPS) is 12.4. The van der Waals surface area contributed by atoms with Gasteiger partial charge in [-0.2, -0.15) is 0 Å². The molecular weight excluding hydrogens is 194 g/mol. The lowest BCUT2D eigenvalue weighted by molar-refractivity contribution is -0.127. The van der Waals surface area contributed by atoms with Crippen LogP contribution in [-0.4, -0.2) is 36.0 Å². The molecule has 4 heteroatoms. The lowest BCUT2D eigenvalue weighted by Gasteiger charge is -2.24. The van der Waals surface area contributed by atoms with E-state index in [0.717, 1.165) is 0 Å². The number of carbonyl (C=O) groups excluding carboxylic acids is 2. The van der Waals surface area contributed by atoms with Crippen molar-refractivity contribution in [3.8, 4) is 0 Å². The maximum absolute atomic E-state index is 11.6. The van der Waals surface area contributed by atoms with E-state index in [4.69, 9.17) is 4.74 Å². The Bertz CT molecular complexity index is 222. The topological polar surface area (TPSA) is 46.6 Å². The van der Waals surface area contributed by atoms with Gasteiger partial charge in [-0.3, -0.25) is 4.79 Å². The number of rotatable bonds is 5. The molecule has 1 amide bonds. The van der Waals surface area contributed by atoms with Crippen molar-refractivity contribution in [2.45, 2.75) is 40.7 Å². The fourth-order valence-corrected chi connectivity index (χ4v) is 1.35. The minimum absolute atomic E-state index is 0.0158. The van der Waals surface area contributed by atoms with Crippen LogP contribution in [-0.2, 0) is 9.53 Å². The molecular formula is C11H21NO3. The largest absolute Gasteiger partial charge is 0.438 e. The summed E-state index contributed by atoms with van der Waals surface area (Å²) in [5, 5.41) is 0. The standard InChI is InChI=1S/C11H21NO3/c1-6-12(7-2)11(14)15-10(8(3)4)9(5)13/h8,10H,6-7H2,1-5H3. The Morgan fingerprint density at radius 3 is 1.93 bits per heavy atom. The summed E-state index contributed by atoms with van der Waals surface area (Å²) in [4.78, 5) is 24.4. The average Bonchev–Trinajstić information content (AvgIpc) is 2.15. The van der Waals surface area contributed by atoms with Crippen LogP contribution in [0.3, 0.4) is 0 Å². The van der Waals surface area contributed by atoms with Crippen LogP contribution in [0.1, 0.15) is 34.6 Å². The number of Topliss-reactive ketones (excluding diaryl/α,β-unsaturated/α-hetero) is 1. The van der Waals surface area contributed by atoms with Crippen LogP contribution in [0, 0.1) is 5.92 Å². The van der Waals surface area contributed by atoms with Crippen molar-refractivity contribution in [2.75, 3.05) is 13.1 Å². The number of ketones is 1. The maximum Gasteiger partial charge on any atom is 0.410 e. The van der Waals surface area contributed by atoms with Crippen LogP contribution in [0.5, 0.6) is 0 Å². The minimum atomic E-state index is -0.627. The predicted octanol–water partition coefficient (Wildman–Crippen LogP) is 2.08. The molecule has 0 saturated carbocycles. The third-order valence-corrected chi connectivity index (χ3v) is 2.26. The van der Waals surface area contributed by atoms with E-state index in [0.29, 0.717) is 13.1 Å². The molecule has 0 radical (unpaired) electrons. The molecule has 0 fully saturated rings. The van der Waals surface area contributed by atoms with Crippen LogP contribution in [0.15, 0.2) is 0 Å². The molecule has 88 valence electrons. The Labute approximate surface area is 91.6 Å². The highest BCUT2D eigenvalue weighted by atomic mass is 16.6. The Balaban J connectivity index is 4.41. The van der Waals surface area contributed by atoms with Gasteiger partial charge in [0.1, 0.15) is 0 Å². The number of hydrogen-bond acceptors (Lipinski definition) is 3. The molecule has 0 N–H and O–H groups in total. The smallest absolute Gasteiger partial charge is 0.410 e.